The minimum absolute atomic E-state index is 0.132. The molecule has 17 heavy (non-hydrogen) atoms. The van der Waals surface area contributed by atoms with E-state index in [4.69, 9.17) is 11.6 Å². The van der Waals surface area contributed by atoms with Crippen LogP contribution in [-0.2, 0) is 6.54 Å². The molecular formula is C11H10ClN3O2. The Labute approximate surface area is 103 Å². The van der Waals surface area contributed by atoms with Crippen LogP contribution in [0.2, 0.25) is 5.02 Å². The first-order valence-corrected chi connectivity index (χ1v) is 5.36. The van der Waals surface area contributed by atoms with Gasteiger partial charge in [-0.15, -0.1) is 0 Å². The van der Waals surface area contributed by atoms with Gasteiger partial charge in [0.1, 0.15) is 0 Å². The standard InChI is InChI=1S/C11H10ClN3O2/c1-8-4-9(2-3-11(8)15(16)17)6-14-7-10(12)5-13-14/h2-5,7H,6H2,1H3. The summed E-state index contributed by atoms with van der Waals surface area (Å²) in [6, 6.07) is 5.02. The van der Waals surface area contributed by atoms with Gasteiger partial charge in [-0.3, -0.25) is 14.8 Å². The monoisotopic (exact) mass is 251 g/mol. The maximum Gasteiger partial charge on any atom is 0.272 e. The Hall–Kier alpha value is -1.88. The molecule has 6 heteroatoms. The Kier molecular flexibility index (Phi) is 3.10. The van der Waals surface area contributed by atoms with Crippen molar-refractivity contribution in [1.29, 1.82) is 0 Å². The minimum atomic E-state index is -0.385. The highest BCUT2D eigenvalue weighted by Crippen LogP contribution is 2.19. The van der Waals surface area contributed by atoms with Crippen LogP contribution in [0.15, 0.2) is 30.6 Å². The first kappa shape index (κ1) is 11.6. The third kappa shape index (κ3) is 2.62. The molecule has 0 bridgehead atoms. The molecule has 1 aromatic heterocycles. The van der Waals surface area contributed by atoms with E-state index in [1.807, 2.05) is 0 Å². The highest BCUT2D eigenvalue weighted by Gasteiger charge is 2.10. The molecule has 0 spiro atoms. The van der Waals surface area contributed by atoms with Crippen molar-refractivity contribution in [3.05, 3.63) is 56.9 Å². The molecule has 2 aromatic rings. The number of aromatic nitrogens is 2. The normalized spacial score (nSPS) is 10.5. The van der Waals surface area contributed by atoms with Crippen LogP contribution in [0.4, 0.5) is 5.69 Å². The summed E-state index contributed by atoms with van der Waals surface area (Å²) in [4.78, 5) is 10.3. The number of nitro benzene ring substituents is 1. The summed E-state index contributed by atoms with van der Waals surface area (Å²) >= 11 is 5.75. The van der Waals surface area contributed by atoms with Crippen molar-refractivity contribution in [3.63, 3.8) is 0 Å². The van der Waals surface area contributed by atoms with E-state index in [0.717, 1.165) is 5.56 Å². The lowest BCUT2D eigenvalue weighted by Crippen LogP contribution is -2.01. The van der Waals surface area contributed by atoms with Crippen LogP contribution >= 0.6 is 11.6 Å². The van der Waals surface area contributed by atoms with Gasteiger partial charge in [-0.05, 0) is 18.6 Å². The predicted octanol–water partition coefficient (Wildman–Crippen LogP) is 2.80. The second-order valence-electron chi connectivity index (χ2n) is 3.73. The first-order valence-electron chi connectivity index (χ1n) is 4.98. The Morgan fingerprint density at radius 1 is 1.53 bits per heavy atom. The van der Waals surface area contributed by atoms with Crippen molar-refractivity contribution >= 4 is 17.3 Å². The van der Waals surface area contributed by atoms with Gasteiger partial charge in [-0.25, -0.2) is 0 Å². The molecule has 0 amide bonds. The maximum atomic E-state index is 10.7. The second-order valence-corrected chi connectivity index (χ2v) is 4.17. The van der Waals surface area contributed by atoms with Gasteiger partial charge in [0, 0.05) is 17.8 Å². The van der Waals surface area contributed by atoms with E-state index in [1.54, 1.807) is 36.1 Å². The van der Waals surface area contributed by atoms with Crippen molar-refractivity contribution in [1.82, 2.24) is 9.78 Å². The number of benzene rings is 1. The number of nitro groups is 1. The van der Waals surface area contributed by atoms with Gasteiger partial charge >= 0.3 is 0 Å². The molecule has 0 radical (unpaired) electrons. The van der Waals surface area contributed by atoms with E-state index >= 15 is 0 Å². The van der Waals surface area contributed by atoms with Gasteiger partial charge in [0.25, 0.3) is 5.69 Å². The number of nitrogens with zero attached hydrogens (tertiary/aromatic N) is 3. The fourth-order valence-corrected chi connectivity index (χ4v) is 1.79. The van der Waals surface area contributed by atoms with Crippen LogP contribution in [0, 0.1) is 17.0 Å². The van der Waals surface area contributed by atoms with E-state index in [0.29, 0.717) is 17.1 Å². The second kappa shape index (κ2) is 4.55. The molecule has 88 valence electrons. The molecule has 0 aliphatic heterocycles. The Morgan fingerprint density at radius 3 is 2.82 bits per heavy atom. The molecule has 0 N–H and O–H groups in total. The lowest BCUT2D eigenvalue weighted by Gasteiger charge is -2.03. The lowest BCUT2D eigenvalue weighted by molar-refractivity contribution is -0.385. The average molecular weight is 252 g/mol. The summed E-state index contributed by atoms with van der Waals surface area (Å²) in [5.41, 5.74) is 1.73. The van der Waals surface area contributed by atoms with Gasteiger partial charge < -0.3 is 0 Å². The zero-order chi connectivity index (χ0) is 12.4. The highest BCUT2D eigenvalue weighted by molar-refractivity contribution is 6.30. The Balaban J connectivity index is 2.23. The molecule has 5 nitrogen and oxygen atoms in total. The molecular weight excluding hydrogens is 242 g/mol. The number of rotatable bonds is 3. The van der Waals surface area contributed by atoms with Gasteiger partial charge in [0.15, 0.2) is 0 Å². The number of aryl methyl sites for hydroxylation is 1. The molecule has 0 unspecified atom stereocenters. The molecule has 0 fully saturated rings. The molecule has 1 heterocycles. The average Bonchev–Trinajstić information content (AvgIpc) is 2.63. The van der Waals surface area contributed by atoms with Crippen molar-refractivity contribution in [2.75, 3.05) is 0 Å². The summed E-state index contributed by atoms with van der Waals surface area (Å²) < 4.78 is 1.68. The van der Waals surface area contributed by atoms with Crippen molar-refractivity contribution in [2.45, 2.75) is 13.5 Å². The smallest absolute Gasteiger partial charge is 0.267 e. The maximum absolute atomic E-state index is 10.7. The van der Waals surface area contributed by atoms with Crippen LogP contribution in [0.25, 0.3) is 0 Å². The highest BCUT2D eigenvalue weighted by atomic mass is 35.5. The van der Waals surface area contributed by atoms with E-state index in [1.165, 1.54) is 6.07 Å². The third-order valence-corrected chi connectivity index (χ3v) is 2.60. The van der Waals surface area contributed by atoms with Gasteiger partial charge in [0.2, 0.25) is 0 Å². The largest absolute Gasteiger partial charge is 0.272 e. The van der Waals surface area contributed by atoms with E-state index in [9.17, 15) is 10.1 Å². The molecule has 0 aliphatic rings. The van der Waals surface area contributed by atoms with Crippen LogP contribution in [0.1, 0.15) is 11.1 Å². The summed E-state index contributed by atoms with van der Waals surface area (Å²) in [6.45, 7) is 2.27. The fourth-order valence-electron chi connectivity index (χ4n) is 1.63. The van der Waals surface area contributed by atoms with Crippen LogP contribution in [0.5, 0.6) is 0 Å². The molecule has 2 rings (SSSR count). The minimum Gasteiger partial charge on any atom is -0.267 e. The Morgan fingerprint density at radius 2 is 2.29 bits per heavy atom. The van der Waals surface area contributed by atoms with Gasteiger partial charge in [-0.1, -0.05) is 17.7 Å². The lowest BCUT2D eigenvalue weighted by atomic mass is 10.1. The summed E-state index contributed by atoms with van der Waals surface area (Å²) in [5.74, 6) is 0. The zero-order valence-corrected chi connectivity index (χ0v) is 9.89. The van der Waals surface area contributed by atoms with Crippen LogP contribution < -0.4 is 0 Å². The fraction of sp³-hybridized carbons (Fsp3) is 0.182. The molecule has 1 aromatic carbocycles. The number of hydrogen-bond donors (Lipinski definition) is 0. The van der Waals surface area contributed by atoms with Crippen molar-refractivity contribution in [3.8, 4) is 0 Å². The topological polar surface area (TPSA) is 61.0 Å². The van der Waals surface area contributed by atoms with Crippen molar-refractivity contribution in [2.24, 2.45) is 0 Å². The zero-order valence-electron chi connectivity index (χ0n) is 9.13. The third-order valence-electron chi connectivity index (χ3n) is 2.40. The Bertz CT molecular complexity index is 566. The van der Waals surface area contributed by atoms with Crippen molar-refractivity contribution < 1.29 is 4.92 Å². The number of halogens is 1. The van der Waals surface area contributed by atoms with Crippen LogP contribution in [-0.4, -0.2) is 14.7 Å². The van der Waals surface area contributed by atoms with Gasteiger partial charge in [0.05, 0.1) is 22.7 Å². The predicted molar refractivity (Wildman–Crippen MR) is 64.2 cm³/mol. The molecule has 0 saturated heterocycles. The summed E-state index contributed by atoms with van der Waals surface area (Å²) in [6.07, 6.45) is 3.26. The molecule has 0 aliphatic carbocycles. The SMILES string of the molecule is Cc1cc(Cn2cc(Cl)cn2)ccc1[N+](=O)[O-]. The molecule has 0 saturated carbocycles. The van der Waals surface area contributed by atoms with E-state index in [-0.39, 0.29) is 10.6 Å². The summed E-state index contributed by atoms with van der Waals surface area (Å²) in [7, 11) is 0. The first-order chi connectivity index (χ1) is 8.06. The van der Waals surface area contributed by atoms with Gasteiger partial charge in [-0.2, -0.15) is 5.10 Å². The number of hydrogen-bond acceptors (Lipinski definition) is 3. The van der Waals surface area contributed by atoms with E-state index in [2.05, 4.69) is 5.10 Å². The molecule has 0 atom stereocenters. The summed E-state index contributed by atoms with van der Waals surface area (Å²) in [5, 5.41) is 15.3. The van der Waals surface area contributed by atoms with Crippen LogP contribution in [0.3, 0.4) is 0 Å². The van der Waals surface area contributed by atoms with E-state index < -0.39 is 0 Å². The quantitative estimate of drug-likeness (QED) is 0.622.